The van der Waals surface area contributed by atoms with Gasteiger partial charge in [0.05, 0.1) is 17.3 Å². The number of benzene rings is 1. The van der Waals surface area contributed by atoms with E-state index in [9.17, 15) is 0 Å². The molecule has 0 atom stereocenters. The number of ether oxygens (including phenoxy) is 1. The first-order valence-corrected chi connectivity index (χ1v) is 6.77. The standard InChI is InChI=1S/C14H17ClN4O/c1-3-6-20-13-7-9(2)17-14(19-13)18-12-8-10(16)4-5-11(12)15/h4-5,7-8H,3,6,16H2,1-2H3,(H,17,18,19). The fourth-order valence-electron chi connectivity index (χ4n) is 1.64. The molecule has 0 spiro atoms. The molecule has 0 saturated carbocycles. The average molecular weight is 293 g/mol. The van der Waals surface area contributed by atoms with Crippen molar-refractivity contribution in [3.8, 4) is 5.88 Å². The van der Waals surface area contributed by atoms with Crippen LogP contribution < -0.4 is 15.8 Å². The Morgan fingerprint density at radius 1 is 1.30 bits per heavy atom. The zero-order chi connectivity index (χ0) is 14.5. The van der Waals surface area contributed by atoms with Crippen LogP contribution in [0.2, 0.25) is 5.02 Å². The molecule has 0 aliphatic rings. The summed E-state index contributed by atoms with van der Waals surface area (Å²) < 4.78 is 5.52. The lowest BCUT2D eigenvalue weighted by Crippen LogP contribution is -2.03. The minimum Gasteiger partial charge on any atom is -0.478 e. The Bertz CT molecular complexity index is 604. The van der Waals surface area contributed by atoms with Crippen LogP contribution in [0.3, 0.4) is 0 Å². The molecule has 20 heavy (non-hydrogen) atoms. The molecule has 1 aromatic carbocycles. The van der Waals surface area contributed by atoms with Crippen molar-refractivity contribution in [3.63, 3.8) is 0 Å². The van der Waals surface area contributed by atoms with E-state index in [0.717, 1.165) is 12.1 Å². The summed E-state index contributed by atoms with van der Waals surface area (Å²) in [6.45, 7) is 4.54. The lowest BCUT2D eigenvalue weighted by atomic mass is 10.3. The quantitative estimate of drug-likeness (QED) is 0.824. The molecular weight excluding hydrogens is 276 g/mol. The molecule has 0 unspecified atom stereocenters. The Morgan fingerprint density at radius 2 is 2.10 bits per heavy atom. The number of aromatic nitrogens is 2. The molecule has 0 bridgehead atoms. The van der Waals surface area contributed by atoms with Gasteiger partial charge in [-0.15, -0.1) is 0 Å². The normalized spacial score (nSPS) is 10.3. The lowest BCUT2D eigenvalue weighted by Gasteiger charge is -2.10. The van der Waals surface area contributed by atoms with Crippen molar-refractivity contribution in [2.45, 2.75) is 20.3 Å². The number of nitrogens with two attached hydrogens (primary N) is 1. The van der Waals surface area contributed by atoms with Crippen molar-refractivity contribution in [2.75, 3.05) is 17.7 Å². The molecule has 2 rings (SSSR count). The molecule has 0 radical (unpaired) electrons. The van der Waals surface area contributed by atoms with E-state index >= 15 is 0 Å². The lowest BCUT2D eigenvalue weighted by molar-refractivity contribution is 0.305. The van der Waals surface area contributed by atoms with E-state index in [4.69, 9.17) is 22.1 Å². The van der Waals surface area contributed by atoms with Gasteiger partial charge >= 0.3 is 0 Å². The molecule has 3 N–H and O–H groups in total. The Kier molecular flexibility index (Phi) is 4.63. The molecule has 1 aromatic heterocycles. The molecule has 0 saturated heterocycles. The summed E-state index contributed by atoms with van der Waals surface area (Å²) in [5.74, 6) is 0.977. The van der Waals surface area contributed by atoms with Gasteiger partial charge in [-0.25, -0.2) is 4.98 Å². The van der Waals surface area contributed by atoms with Crippen LogP contribution in [-0.2, 0) is 0 Å². The number of nitrogen functional groups attached to an aromatic ring is 1. The van der Waals surface area contributed by atoms with Crippen LogP contribution in [0.1, 0.15) is 19.0 Å². The number of halogens is 1. The fraction of sp³-hybridized carbons (Fsp3) is 0.286. The van der Waals surface area contributed by atoms with Crippen molar-refractivity contribution in [1.82, 2.24) is 9.97 Å². The summed E-state index contributed by atoms with van der Waals surface area (Å²) in [6, 6.07) is 6.99. The molecule has 0 amide bonds. The zero-order valence-corrected chi connectivity index (χ0v) is 12.2. The second kappa shape index (κ2) is 6.43. The number of aryl methyl sites for hydroxylation is 1. The minimum atomic E-state index is 0.434. The van der Waals surface area contributed by atoms with Crippen LogP contribution in [0.5, 0.6) is 5.88 Å². The molecule has 2 aromatic rings. The first-order valence-electron chi connectivity index (χ1n) is 6.39. The Hall–Kier alpha value is -2.01. The highest BCUT2D eigenvalue weighted by Gasteiger charge is 2.06. The van der Waals surface area contributed by atoms with Crippen LogP contribution >= 0.6 is 11.6 Å². The van der Waals surface area contributed by atoms with Gasteiger partial charge in [-0.1, -0.05) is 18.5 Å². The summed E-state index contributed by atoms with van der Waals surface area (Å²) in [4.78, 5) is 8.60. The summed E-state index contributed by atoms with van der Waals surface area (Å²) in [6.07, 6.45) is 0.923. The van der Waals surface area contributed by atoms with Gasteiger partial charge in [-0.2, -0.15) is 4.98 Å². The molecule has 0 aliphatic carbocycles. The maximum absolute atomic E-state index is 6.10. The molecule has 106 valence electrons. The van der Waals surface area contributed by atoms with E-state index in [0.29, 0.717) is 34.8 Å². The summed E-state index contributed by atoms with van der Waals surface area (Å²) >= 11 is 6.10. The van der Waals surface area contributed by atoms with Gasteiger partial charge in [0.1, 0.15) is 0 Å². The smallest absolute Gasteiger partial charge is 0.230 e. The van der Waals surface area contributed by atoms with Gasteiger partial charge < -0.3 is 15.8 Å². The van der Waals surface area contributed by atoms with Crippen molar-refractivity contribution < 1.29 is 4.74 Å². The third-order valence-corrected chi connectivity index (χ3v) is 2.85. The van der Waals surface area contributed by atoms with Crippen LogP contribution in [-0.4, -0.2) is 16.6 Å². The van der Waals surface area contributed by atoms with E-state index in [-0.39, 0.29) is 0 Å². The van der Waals surface area contributed by atoms with Crippen molar-refractivity contribution in [3.05, 3.63) is 35.0 Å². The first kappa shape index (κ1) is 14.4. The number of hydrogen-bond acceptors (Lipinski definition) is 5. The summed E-state index contributed by atoms with van der Waals surface area (Å²) in [7, 11) is 0. The topological polar surface area (TPSA) is 73.1 Å². The van der Waals surface area contributed by atoms with Gasteiger partial charge in [-0.05, 0) is 31.5 Å². The first-order chi connectivity index (χ1) is 9.58. The van der Waals surface area contributed by atoms with E-state index in [1.54, 1.807) is 24.3 Å². The summed E-state index contributed by atoms with van der Waals surface area (Å²) in [5.41, 5.74) is 7.84. The largest absolute Gasteiger partial charge is 0.478 e. The SMILES string of the molecule is CCCOc1cc(C)nc(Nc2cc(N)ccc2Cl)n1. The number of nitrogens with one attached hydrogen (secondary N) is 1. The number of nitrogens with zero attached hydrogens (tertiary/aromatic N) is 2. The van der Waals surface area contributed by atoms with E-state index in [2.05, 4.69) is 15.3 Å². The minimum absolute atomic E-state index is 0.434. The fourth-order valence-corrected chi connectivity index (χ4v) is 1.80. The monoisotopic (exact) mass is 292 g/mol. The molecule has 5 nitrogen and oxygen atoms in total. The molecular formula is C14H17ClN4O. The van der Waals surface area contributed by atoms with E-state index in [1.165, 1.54) is 0 Å². The van der Waals surface area contributed by atoms with E-state index < -0.39 is 0 Å². The van der Waals surface area contributed by atoms with Crippen molar-refractivity contribution in [2.24, 2.45) is 0 Å². The molecule has 0 fully saturated rings. The number of rotatable bonds is 5. The van der Waals surface area contributed by atoms with Gasteiger partial charge in [0.25, 0.3) is 0 Å². The second-order valence-corrected chi connectivity index (χ2v) is 4.79. The van der Waals surface area contributed by atoms with Crippen LogP contribution in [0.15, 0.2) is 24.3 Å². The van der Waals surface area contributed by atoms with Crippen LogP contribution in [0, 0.1) is 6.92 Å². The number of anilines is 3. The second-order valence-electron chi connectivity index (χ2n) is 4.38. The van der Waals surface area contributed by atoms with E-state index in [1.807, 2.05) is 13.8 Å². The molecule has 0 aliphatic heterocycles. The van der Waals surface area contributed by atoms with Crippen molar-refractivity contribution >= 4 is 28.9 Å². The summed E-state index contributed by atoms with van der Waals surface area (Å²) in [5, 5.41) is 3.61. The Morgan fingerprint density at radius 3 is 2.85 bits per heavy atom. The Labute approximate surface area is 123 Å². The van der Waals surface area contributed by atoms with Crippen molar-refractivity contribution in [1.29, 1.82) is 0 Å². The van der Waals surface area contributed by atoms with Crippen LogP contribution in [0.25, 0.3) is 0 Å². The Balaban J connectivity index is 2.24. The van der Waals surface area contributed by atoms with Gasteiger partial charge in [-0.3, -0.25) is 0 Å². The molecule has 6 heteroatoms. The molecule has 1 heterocycles. The zero-order valence-electron chi connectivity index (χ0n) is 11.5. The average Bonchev–Trinajstić information content (AvgIpc) is 2.40. The number of hydrogen-bond donors (Lipinski definition) is 2. The predicted octanol–water partition coefficient (Wildman–Crippen LogP) is 3.55. The predicted molar refractivity (Wildman–Crippen MR) is 81.7 cm³/mol. The van der Waals surface area contributed by atoms with Gasteiger partial charge in [0.2, 0.25) is 11.8 Å². The maximum atomic E-state index is 6.10. The maximum Gasteiger partial charge on any atom is 0.230 e. The van der Waals surface area contributed by atoms with Crippen LogP contribution in [0.4, 0.5) is 17.3 Å². The third kappa shape index (κ3) is 3.74. The highest BCUT2D eigenvalue weighted by molar-refractivity contribution is 6.33. The van der Waals surface area contributed by atoms with Gasteiger partial charge in [0, 0.05) is 17.4 Å². The highest BCUT2D eigenvalue weighted by Crippen LogP contribution is 2.27. The van der Waals surface area contributed by atoms with Gasteiger partial charge in [0.15, 0.2) is 0 Å². The third-order valence-electron chi connectivity index (χ3n) is 2.52. The highest BCUT2D eigenvalue weighted by atomic mass is 35.5.